The van der Waals surface area contributed by atoms with Crippen molar-refractivity contribution in [3.63, 3.8) is 0 Å². The van der Waals surface area contributed by atoms with Crippen LogP contribution >= 0.6 is 0 Å². The Labute approximate surface area is 207 Å². The number of carbonyl (C=O) groups is 3. The quantitative estimate of drug-likeness (QED) is 0.526. The Morgan fingerprint density at radius 2 is 1.92 bits per heavy atom. The van der Waals surface area contributed by atoms with Gasteiger partial charge in [-0.05, 0) is 48.7 Å². The predicted molar refractivity (Wildman–Crippen MR) is 127 cm³/mol. The van der Waals surface area contributed by atoms with Crippen molar-refractivity contribution in [3.05, 3.63) is 65.5 Å². The van der Waals surface area contributed by atoms with Gasteiger partial charge in [0.15, 0.2) is 0 Å². The van der Waals surface area contributed by atoms with Crippen molar-refractivity contribution in [1.29, 1.82) is 0 Å². The number of fused-ring (bicyclic) bond motifs is 1. The van der Waals surface area contributed by atoms with Crippen LogP contribution in [-0.4, -0.2) is 63.0 Å². The molecule has 0 aliphatic carbocycles. The standard InChI is InChI=1S/C26H25N5O5/c32-22-9-8-21(24(33)27-22)31-13-17-12-18(6-7-20(17)26(31)34)35-19-10-11-30(14-19)15-23-28-29-25(36-23)16-4-2-1-3-5-16/h1-7,12,19,21H,8-11,13-15H2,(H,27,32,33)/t19-,21?/m0/s1. The Hall–Kier alpha value is -4.05. The molecule has 3 aromatic rings. The van der Waals surface area contributed by atoms with Crippen LogP contribution in [0.1, 0.15) is 41.1 Å². The van der Waals surface area contributed by atoms with Gasteiger partial charge in [-0.2, -0.15) is 0 Å². The Bertz CT molecular complexity index is 1320. The fraction of sp³-hybridized carbons (Fsp3) is 0.346. The summed E-state index contributed by atoms with van der Waals surface area (Å²) in [5.41, 5.74) is 2.30. The van der Waals surface area contributed by atoms with Crippen molar-refractivity contribution in [2.75, 3.05) is 13.1 Å². The highest BCUT2D eigenvalue weighted by molar-refractivity contribution is 6.05. The van der Waals surface area contributed by atoms with E-state index in [0.29, 0.717) is 42.6 Å². The first kappa shape index (κ1) is 22.4. The number of nitrogens with zero attached hydrogens (tertiary/aromatic N) is 4. The van der Waals surface area contributed by atoms with E-state index in [1.54, 1.807) is 17.0 Å². The molecule has 3 aliphatic heterocycles. The monoisotopic (exact) mass is 487 g/mol. The molecule has 1 unspecified atom stereocenters. The molecule has 184 valence electrons. The fourth-order valence-corrected chi connectivity index (χ4v) is 5.06. The van der Waals surface area contributed by atoms with Gasteiger partial charge in [0.25, 0.3) is 5.91 Å². The Morgan fingerprint density at radius 1 is 1.06 bits per heavy atom. The van der Waals surface area contributed by atoms with Gasteiger partial charge in [-0.25, -0.2) is 0 Å². The molecule has 6 rings (SSSR count). The van der Waals surface area contributed by atoms with Gasteiger partial charge in [0.2, 0.25) is 23.6 Å². The zero-order valence-corrected chi connectivity index (χ0v) is 19.6. The summed E-state index contributed by atoms with van der Waals surface area (Å²) in [4.78, 5) is 40.4. The number of likely N-dealkylation sites (tertiary alicyclic amines) is 1. The number of hydrogen-bond acceptors (Lipinski definition) is 8. The number of hydrogen-bond donors (Lipinski definition) is 1. The summed E-state index contributed by atoms with van der Waals surface area (Å²) < 4.78 is 12.1. The third-order valence-corrected chi connectivity index (χ3v) is 6.87. The van der Waals surface area contributed by atoms with Crippen LogP contribution in [0.4, 0.5) is 0 Å². The number of ether oxygens (including phenoxy) is 1. The summed E-state index contributed by atoms with van der Waals surface area (Å²) in [6, 6.07) is 14.5. The minimum Gasteiger partial charge on any atom is -0.489 e. The molecule has 2 saturated heterocycles. The first-order chi connectivity index (χ1) is 17.5. The minimum absolute atomic E-state index is 0.00269. The zero-order valence-electron chi connectivity index (χ0n) is 19.6. The molecule has 0 bridgehead atoms. The number of rotatable bonds is 6. The number of imide groups is 1. The molecule has 2 fully saturated rings. The van der Waals surface area contributed by atoms with Gasteiger partial charge in [-0.1, -0.05) is 18.2 Å². The second-order valence-electron chi connectivity index (χ2n) is 9.35. The summed E-state index contributed by atoms with van der Waals surface area (Å²) in [5.74, 6) is 0.885. The van der Waals surface area contributed by atoms with E-state index < -0.39 is 11.9 Å². The number of aromatic nitrogens is 2. The summed E-state index contributed by atoms with van der Waals surface area (Å²) in [7, 11) is 0. The van der Waals surface area contributed by atoms with Gasteiger partial charge >= 0.3 is 0 Å². The van der Waals surface area contributed by atoms with Crippen LogP contribution in [0.15, 0.2) is 52.9 Å². The van der Waals surface area contributed by atoms with Crippen LogP contribution in [0, 0.1) is 0 Å². The van der Waals surface area contributed by atoms with Crippen LogP contribution in [0.5, 0.6) is 5.75 Å². The summed E-state index contributed by atoms with van der Waals surface area (Å²) in [5, 5.41) is 10.7. The van der Waals surface area contributed by atoms with E-state index in [0.717, 1.165) is 30.6 Å². The highest BCUT2D eigenvalue weighted by Crippen LogP contribution is 2.31. The van der Waals surface area contributed by atoms with Crippen LogP contribution in [0.25, 0.3) is 11.5 Å². The summed E-state index contributed by atoms with van der Waals surface area (Å²) >= 11 is 0. The average Bonchev–Trinajstić information content (AvgIpc) is 3.60. The first-order valence-corrected chi connectivity index (χ1v) is 12.1. The molecular formula is C26H25N5O5. The number of benzene rings is 2. The van der Waals surface area contributed by atoms with Gasteiger partial charge in [0.1, 0.15) is 17.9 Å². The predicted octanol–water partition coefficient (Wildman–Crippen LogP) is 2.15. The van der Waals surface area contributed by atoms with E-state index >= 15 is 0 Å². The van der Waals surface area contributed by atoms with E-state index in [2.05, 4.69) is 20.4 Å². The maximum absolute atomic E-state index is 12.9. The SMILES string of the molecule is O=C1CCC(N2Cc3cc(O[C@H]4CCN(Cc5nnc(-c6ccccc6)o5)C4)ccc3C2=O)C(=O)N1. The van der Waals surface area contributed by atoms with Crippen molar-refractivity contribution in [3.8, 4) is 17.2 Å². The number of amides is 3. The van der Waals surface area contributed by atoms with Gasteiger partial charge < -0.3 is 14.1 Å². The molecule has 3 aliphatic rings. The third kappa shape index (κ3) is 4.35. The third-order valence-electron chi connectivity index (χ3n) is 6.87. The molecule has 2 aromatic carbocycles. The molecular weight excluding hydrogens is 462 g/mol. The Kier molecular flexibility index (Phi) is 5.73. The lowest BCUT2D eigenvalue weighted by Gasteiger charge is -2.29. The molecule has 0 saturated carbocycles. The molecule has 4 heterocycles. The van der Waals surface area contributed by atoms with Crippen LogP contribution < -0.4 is 10.1 Å². The first-order valence-electron chi connectivity index (χ1n) is 12.1. The molecule has 10 nitrogen and oxygen atoms in total. The van der Waals surface area contributed by atoms with Crippen molar-refractivity contribution in [2.45, 2.75) is 44.5 Å². The van der Waals surface area contributed by atoms with E-state index in [1.165, 1.54) is 0 Å². The van der Waals surface area contributed by atoms with E-state index in [-0.39, 0.29) is 24.3 Å². The normalized spacial score (nSPS) is 22.1. The largest absolute Gasteiger partial charge is 0.489 e. The highest BCUT2D eigenvalue weighted by Gasteiger charge is 2.39. The molecule has 1 aromatic heterocycles. The molecule has 1 N–H and O–H groups in total. The summed E-state index contributed by atoms with van der Waals surface area (Å²) in [6.07, 6.45) is 1.44. The van der Waals surface area contributed by atoms with Crippen LogP contribution in [-0.2, 0) is 22.7 Å². The lowest BCUT2D eigenvalue weighted by molar-refractivity contribution is -0.136. The average molecular weight is 488 g/mol. The van der Waals surface area contributed by atoms with Crippen molar-refractivity contribution < 1.29 is 23.5 Å². The number of piperidine rings is 1. The number of nitrogens with one attached hydrogen (secondary N) is 1. The summed E-state index contributed by atoms with van der Waals surface area (Å²) in [6.45, 7) is 2.45. The molecule has 3 amide bonds. The zero-order chi connectivity index (χ0) is 24.6. The Morgan fingerprint density at radius 3 is 2.75 bits per heavy atom. The lowest BCUT2D eigenvalue weighted by Crippen LogP contribution is -2.52. The second kappa shape index (κ2) is 9.19. The maximum Gasteiger partial charge on any atom is 0.255 e. The van der Waals surface area contributed by atoms with Gasteiger partial charge in [0.05, 0.1) is 6.54 Å². The fourth-order valence-electron chi connectivity index (χ4n) is 5.06. The molecule has 0 radical (unpaired) electrons. The molecule has 36 heavy (non-hydrogen) atoms. The van der Waals surface area contributed by atoms with Crippen LogP contribution in [0.2, 0.25) is 0 Å². The van der Waals surface area contributed by atoms with E-state index in [4.69, 9.17) is 9.15 Å². The molecule has 2 atom stereocenters. The molecule has 10 heteroatoms. The molecule has 0 spiro atoms. The van der Waals surface area contributed by atoms with E-state index in [9.17, 15) is 14.4 Å². The highest BCUT2D eigenvalue weighted by atomic mass is 16.5. The van der Waals surface area contributed by atoms with Gasteiger partial charge in [-0.3, -0.25) is 24.6 Å². The lowest BCUT2D eigenvalue weighted by atomic mass is 10.0. The minimum atomic E-state index is -0.623. The van der Waals surface area contributed by atoms with Crippen molar-refractivity contribution in [1.82, 2.24) is 25.3 Å². The van der Waals surface area contributed by atoms with Gasteiger partial charge in [-0.15, -0.1) is 10.2 Å². The van der Waals surface area contributed by atoms with Crippen molar-refractivity contribution in [2.24, 2.45) is 0 Å². The van der Waals surface area contributed by atoms with Gasteiger partial charge in [0, 0.05) is 37.2 Å². The Balaban J connectivity index is 1.06. The number of carbonyl (C=O) groups excluding carboxylic acids is 3. The smallest absolute Gasteiger partial charge is 0.255 e. The van der Waals surface area contributed by atoms with Crippen LogP contribution in [0.3, 0.4) is 0 Å². The second-order valence-corrected chi connectivity index (χ2v) is 9.35. The maximum atomic E-state index is 12.9. The van der Waals surface area contributed by atoms with Crippen molar-refractivity contribution >= 4 is 17.7 Å². The topological polar surface area (TPSA) is 118 Å². The van der Waals surface area contributed by atoms with E-state index in [1.807, 2.05) is 36.4 Å².